The van der Waals surface area contributed by atoms with E-state index in [0.29, 0.717) is 5.56 Å². The van der Waals surface area contributed by atoms with Crippen molar-refractivity contribution in [3.05, 3.63) is 71.6 Å². The van der Waals surface area contributed by atoms with E-state index in [0.717, 1.165) is 5.56 Å². The number of hydrogen-bond donors (Lipinski definition) is 3. The molecule has 0 fully saturated rings. The first-order valence-corrected chi connectivity index (χ1v) is 8.07. The van der Waals surface area contributed by atoms with Gasteiger partial charge in [-0.05, 0) is 35.4 Å². The molecule has 1 heterocycles. The zero-order chi connectivity index (χ0) is 19.4. The van der Waals surface area contributed by atoms with Crippen LogP contribution in [-0.2, 0) is 11.3 Å². The topological polar surface area (TPSA) is 106 Å². The number of benzene rings is 1. The summed E-state index contributed by atoms with van der Waals surface area (Å²) in [7, 11) is 0. The molecule has 3 N–H and O–H groups in total. The predicted molar refractivity (Wildman–Crippen MR) is 99.9 cm³/mol. The lowest BCUT2D eigenvalue weighted by atomic mass is 10.1. The fraction of sp³-hybridized carbons (Fsp3) is 0.150. The number of phenolic OH excluding ortho intramolecular Hbond substituents is 2. The van der Waals surface area contributed by atoms with Gasteiger partial charge in [0, 0.05) is 18.9 Å². The summed E-state index contributed by atoms with van der Waals surface area (Å²) in [5, 5.41) is 30.3. The summed E-state index contributed by atoms with van der Waals surface area (Å²) < 4.78 is 0. The van der Waals surface area contributed by atoms with E-state index in [4.69, 9.17) is 5.26 Å². The number of phenols is 2. The fourth-order valence-corrected chi connectivity index (χ4v) is 1.84. The molecule has 134 valence electrons. The van der Waals surface area contributed by atoms with E-state index >= 15 is 0 Å². The van der Waals surface area contributed by atoms with E-state index in [1.807, 2.05) is 26.0 Å². The highest BCUT2D eigenvalue weighted by Crippen LogP contribution is 2.25. The summed E-state index contributed by atoms with van der Waals surface area (Å²) in [6.07, 6.45) is 7.77. The van der Waals surface area contributed by atoms with E-state index in [9.17, 15) is 15.0 Å². The van der Waals surface area contributed by atoms with E-state index in [1.54, 1.807) is 30.6 Å². The third-order valence-corrected chi connectivity index (χ3v) is 3.09. The second-order valence-electron chi connectivity index (χ2n) is 4.84. The predicted octanol–water partition coefficient (Wildman–Crippen LogP) is 3.30. The maximum absolute atomic E-state index is 12.0. The highest BCUT2D eigenvalue weighted by Gasteiger charge is 2.07. The Bertz CT molecular complexity index is 822. The second kappa shape index (κ2) is 11.0. The maximum atomic E-state index is 12.0. The van der Waals surface area contributed by atoms with E-state index < -0.39 is 5.91 Å². The number of pyridine rings is 1. The average Bonchev–Trinajstić information content (AvgIpc) is 2.68. The van der Waals surface area contributed by atoms with Crippen molar-refractivity contribution in [1.29, 1.82) is 5.26 Å². The minimum atomic E-state index is -0.487. The Labute approximate surface area is 152 Å². The molecule has 0 radical (unpaired) electrons. The molecule has 2 rings (SSSR count). The van der Waals surface area contributed by atoms with Crippen LogP contribution in [0.5, 0.6) is 11.5 Å². The molecule has 0 saturated carbocycles. The summed E-state index contributed by atoms with van der Waals surface area (Å²) in [4.78, 5) is 15.9. The van der Waals surface area contributed by atoms with Crippen LogP contribution in [0.3, 0.4) is 0 Å². The molecule has 0 unspecified atom stereocenters. The Kier molecular flexibility index (Phi) is 8.69. The molecule has 0 atom stereocenters. The van der Waals surface area contributed by atoms with Gasteiger partial charge in [-0.1, -0.05) is 38.1 Å². The first kappa shape index (κ1) is 20.5. The van der Waals surface area contributed by atoms with Gasteiger partial charge in [0.25, 0.3) is 5.91 Å². The monoisotopic (exact) mass is 351 g/mol. The number of rotatable bonds is 5. The number of hydrogen-bond acceptors (Lipinski definition) is 5. The molecular weight excluding hydrogens is 330 g/mol. The molecule has 0 aliphatic heterocycles. The molecule has 0 aliphatic rings. The molecule has 0 bridgehead atoms. The van der Waals surface area contributed by atoms with Crippen molar-refractivity contribution in [3.8, 4) is 17.6 Å². The van der Waals surface area contributed by atoms with Crippen molar-refractivity contribution >= 4 is 12.0 Å². The molecule has 0 aliphatic carbocycles. The summed E-state index contributed by atoms with van der Waals surface area (Å²) in [5.41, 5.74) is 1.41. The molecule has 0 spiro atoms. The van der Waals surface area contributed by atoms with Crippen LogP contribution in [0.25, 0.3) is 6.08 Å². The van der Waals surface area contributed by atoms with Gasteiger partial charge in [0.05, 0.1) is 0 Å². The Balaban J connectivity index is 0.00000163. The number of allylic oxidation sites excluding steroid dienone is 2. The summed E-state index contributed by atoms with van der Waals surface area (Å²) in [6, 6.07) is 9.73. The summed E-state index contributed by atoms with van der Waals surface area (Å²) >= 11 is 0. The Morgan fingerprint density at radius 1 is 1.27 bits per heavy atom. The SMILES string of the molecule is CC.N#C/C(=C\C=C\c1ccc(O)c(O)c1)C(=O)NCc1cccnc1. The first-order chi connectivity index (χ1) is 12.6. The summed E-state index contributed by atoms with van der Waals surface area (Å²) in [5.74, 6) is -0.939. The standard InChI is InChI=1S/C18H15N3O3.C2H6/c19-10-15(18(24)21-12-14-4-2-8-20-11-14)5-1-3-13-6-7-16(22)17(23)9-13;1-2/h1-9,11,22-23H,12H2,(H,21,24);1-2H3/b3-1+,15-5+;. The number of aromatic hydroxyl groups is 2. The van der Waals surface area contributed by atoms with E-state index in [1.165, 1.54) is 24.3 Å². The van der Waals surface area contributed by atoms with Crippen molar-refractivity contribution in [1.82, 2.24) is 10.3 Å². The minimum Gasteiger partial charge on any atom is -0.504 e. The largest absolute Gasteiger partial charge is 0.504 e. The van der Waals surface area contributed by atoms with Crippen LogP contribution in [0.4, 0.5) is 0 Å². The number of carbonyl (C=O) groups is 1. The van der Waals surface area contributed by atoms with Crippen LogP contribution in [0.2, 0.25) is 0 Å². The zero-order valence-electron chi connectivity index (χ0n) is 14.7. The first-order valence-electron chi connectivity index (χ1n) is 8.07. The maximum Gasteiger partial charge on any atom is 0.262 e. The van der Waals surface area contributed by atoms with Gasteiger partial charge in [-0.3, -0.25) is 9.78 Å². The number of nitriles is 1. The number of nitrogens with one attached hydrogen (secondary N) is 1. The van der Waals surface area contributed by atoms with Crippen LogP contribution < -0.4 is 5.32 Å². The Morgan fingerprint density at radius 2 is 2.04 bits per heavy atom. The molecule has 0 saturated heterocycles. The van der Waals surface area contributed by atoms with Crippen molar-refractivity contribution in [2.75, 3.05) is 0 Å². The third-order valence-electron chi connectivity index (χ3n) is 3.09. The number of nitrogens with zero attached hydrogens (tertiary/aromatic N) is 2. The molecule has 6 nitrogen and oxygen atoms in total. The van der Waals surface area contributed by atoms with Gasteiger partial charge in [-0.25, -0.2) is 0 Å². The van der Waals surface area contributed by atoms with Crippen molar-refractivity contribution in [2.24, 2.45) is 0 Å². The fourth-order valence-electron chi connectivity index (χ4n) is 1.84. The van der Waals surface area contributed by atoms with Crippen molar-refractivity contribution in [3.63, 3.8) is 0 Å². The molecule has 1 amide bonds. The molecule has 1 aromatic heterocycles. The van der Waals surface area contributed by atoms with Gasteiger partial charge in [0.1, 0.15) is 11.6 Å². The number of aromatic nitrogens is 1. The lowest BCUT2D eigenvalue weighted by Crippen LogP contribution is -2.23. The van der Waals surface area contributed by atoms with Crippen molar-refractivity contribution in [2.45, 2.75) is 20.4 Å². The average molecular weight is 351 g/mol. The second-order valence-corrected chi connectivity index (χ2v) is 4.84. The molecule has 6 heteroatoms. The van der Waals surface area contributed by atoms with Gasteiger partial charge in [0.2, 0.25) is 0 Å². The lowest BCUT2D eigenvalue weighted by molar-refractivity contribution is -0.117. The van der Waals surface area contributed by atoms with Gasteiger partial charge in [-0.15, -0.1) is 0 Å². The molecule has 2 aromatic rings. The third kappa shape index (κ3) is 6.49. The Morgan fingerprint density at radius 3 is 2.65 bits per heavy atom. The van der Waals surface area contributed by atoms with Crippen LogP contribution in [0.15, 0.2) is 60.5 Å². The van der Waals surface area contributed by atoms with Gasteiger partial charge < -0.3 is 15.5 Å². The zero-order valence-corrected chi connectivity index (χ0v) is 14.7. The van der Waals surface area contributed by atoms with Crippen LogP contribution in [0, 0.1) is 11.3 Å². The van der Waals surface area contributed by atoms with E-state index in [2.05, 4.69) is 10.3 Å². The van der Waals surface area contributed by atoms with Crippen LogP contribution >= 0.6 is 0 Å². The quantitative estimate of drug-likeness (QED) is 0.332. The molecule has 1 aromatic carbocycles. The highest BCUT2D eigenvalue weighted by molar-refractivity contribution is 5.97. The van der Waals surface area contributed by atoms with E-state index in [-0.39, 0.29) is 23.6 Å². The normalized spacial score (nSPS) is 10.6. The van der Waals surface area contributed by atoms with Gasteiger partial charge in [0.15, 0.2) is 11.5 Å². The smallest absolute Gasteiger partial charge is 0.262 e. The number of carbonyl (C=O) groups excluding carboxylic acids is 1. The van der Waals surface area contributed by atoms with Crippen LogP contribution in [-0.4, -0.2) is 21.1 Å². The molecule has 26 heavy (non-hydrogen) atoms. The molecular formula is C20H21N3O3. The Hall–Kier alpha value is -3.59. The lowest BCUT2D eigenvalue weighted by Gasteiger charge is -2.03. The summed E-state index contributed by atoms with van der Waals surface area (Å²) in [6.45, 7) is 4.28. The van der Waals surface area contributed by atoms with Gasteiger partial charge >= 0.3 is 0 Å². The number of amides is 1. The van der Waals surface area contributed by atoms with Crippen LogP contribution in [0.1, 0.15) is 25.0 Å². The highest BCUT2D eigenvalue weighted by atomic mass is 16.3. The van der Waals surface area contributed by atoms with Gasteiger partial charge in [-0.2, -0.15) is 5.26 Å². The minimum absolute atomic E-state index is 0.0434. The van der Waals surface area contributed by atoms with Crippen molar-refractivity contribution < 1.29 is 15.0 Å².